The maximum Gasteiger partial charge on any atom is 0.139 e. The van der Waals surface area contributed by atoms with E-state index in [0.29, 0.717) is 16.2 Å². The van der Waals surface area contributed by atoms with Gasteiger partial charge in [0.15, 0.2) is 0 Å². The molecule has 1 N–H and O–H groups in total. The molecule has 0 bridgehead atoms. The van der Waals surface area contributed by atoms with Crippen molar-refractivity contribution in [3.8, 4) is 0 Å². The van der Waals surface area contributed by atoms with Gasteiger partial charge in [-0.2, -0.15) is 0 Å². The van der Waals surface area contributed by atoms with E-state index in [1.54, 1.807) is 6.07 Å². The number of benzene rings is 1. The lowest BCUT2D eigenvalue weighted by atomic mass is 9.87. The van der Waals surface area contributed by atoms with Crippen LogP contribution in [-0.2, 0) is 0 Å². The highest BCUT2D eigenvalue weighted by Crippen LogP contribution is 2.45. The lowest BCUT2D eigenvalue weighted by Gasteiger charge is -2.31. The lowest BCUT2D eigenvalue weighted by Crippen LogP contribution is -2.43. The van der Waals surface area contributed by atoms with E-state index < -0.39 is 11.6 Å². The topological polar surface area (TPSA) is 12.0 Å². The maximum atomic E-state index is 13.7. The SMILES string of the molecule is CCNC1C(Sc2ccc(F)cc2F)CCC1(C)C. The molecule has 1 aromatic carbocycles. The van der Waals surface area contributed by atoms with Gasteiger partial charge < -0.3 is 5.32 Å². The van der Waals surface area contributed by atoms with Crippen LogP contribution in [0.2, 0.25) is 0 Å². The average molecular weight is 285 g/mol. The number of hydrogen-bond donors (Lipinski definition) is 1. The summed E-state index contributed by atoms with van der Waals surface area (Å²) in [5.41, 5.74) is 0.226. The van der Waals surface area contributed by atoms with E-state index in [9.17, 15) is 8.78 Å². The van der Waals surface area contributed by atoms with Gasteiger partial charge in [-0.05, 0) is 36.9 Å². The van der Waals surface area contributed by atoms with Gasteiger partial charge in [0.25, 0.3) is 0 Å². The molecule has 1 aliphatic rings. The number of rotatable bonds is 4. The van der Waals surface area contributed by atoms with Crippen LogP contribution in [0.3, 0.4) is 0 Å². The first-order valence-corrected chi connectivity index (χ1v) is 7.67. The van der Waals surface area contributed by atoms with Crippen molar-refractivity contribution in [1.29, 1.82) is 0 Å². The highest BCUT2D eigenvalue weighted by molar-refractivity contribution is 8.00. The summed E-state index contributed by atoms with van der Waals surface area (Å²) in [4.78, 5) is 0.548. The van der Waals surface area contributed by atoms with E-state index in [2.05, 4.69) is 26.1 Å². The average Bonchev–Trinajstić information content (AvgIpc) is 2.60. The highest BCUT2D eigenvalue weighted by atomic mass is 32.2. The van der Waals surface area contributed by atoms with Crippen molar-refractivity contribution in [2.45, 2.75) is 49.8 Å². The number of nitrogens with one attached hydrogen (secondary N) is 1. The smallest absolute Gasteiger partial charge is 0.139 e. The molecule has 0 radical (unpaired) electrons. The van der Waals surface area contributed by atoms with Crippen LogP contribution in [0.1, 0.15) is 33.6 Å². The Morgan fingerprint density at radius 3 is 2.74 bits per heavy atom. The van der Waals surface area contributed by atoms with E-state index >= 15 is 0 Å². The Labute approximate surface area is 118 Å². The summed E-state index contributed by atoms with van der Waals surface area (Å²) in [6.07, 6.45) is 2.19. The minimum Gasteiger partial charge on any atom is -0.313 e. The van der Waals surface area contributed by atoms with E-state index in [1.165, 1.54) is 17.8 Å². The Bertz CT molecular complexity index is 448. The van der Waals surface area contributed by atoms with Crippen molar-refractivity contribution in [3.05, 3.63) is 29.8 Å². The summed E-state index contributed by atoms with van der Waals surface area (Å²) in [7, 11) is 0. The van der Waals surface area contributed by atoms with Crippen LogP contribution in [0.4, 0.5) is 8.78 Å². The molecule has 19 heavy (non-hydrogen) atoms. The Morgan fingerprint density at radius 2 is 2.11 bits per heavy atom. The standard InChI is InChI=1S/C15H21F2NS/c1-4-18-14-13(7-8-15(14,2)3)19-12-6-5-10(16)9-11(12)17/h5-6,9,13-14,18H,4,7-8H2,1-3H3. The van der Waals surface area contributed by atoms with E-state index in [-0.39, 0.29) is 5.41 Å². The molecule has 2 rings (SSSR count). The summed E-state index contributed by atoms with van der Waals surface area (Å²) < 4.78 is 26.6. The summed E-state index contributed by atoms with van der Waals surface area (Å²) in [6.45, 7) is 7.51. The predicted octanol–water partition coefficient (Wildman–Crippen LogP) is 4.22. The molecule has 1 fully saturated rings. The maximum absolute atomic E-state index is 13.7. The Balaban J connectivity index is 2.13. The van der Waals surface area contributed by atoms with Crippen molar-refractivity contribution in [1.82, 2.24) is 5.32 Å². The van der Waals surface area contributed by atoms with Gasteiger partial charge >= 0.3 is 0 Å². The first kappa shape index (κ1) is 14.8. The van der Waals surface area contributed by atoms with E-state index in [0.717, 1.165) is 25.5 Å². The summed E-state index contributed by atoms with van der Waals surface area (Å²) in [6, 6.07) is 4.20. The monoisotopic (exact) mass is 285 g/mol. The number of hydrogen-bond acceptors (Lipinski definition) is 2. The molecule has 2 unspecified atom stereocenters. The fourth-order valence-electron chi connectivity index (χ4n) is 2.83. The van der Waals surface area contributed by atoms with E-state index in [1.807, 2.05) is 0 Å². The zero-order chi connectivity index (χ0) is 14.0. The Morgan fingerprint density at radius 1 is 1.37 bits per heavy atom. The minimum absolute atomic E-state index is 0.226. The molecule has 106 valence electrons. The van der Waals surface area contributed by atoms with Gasteiger partial charge in [0, 0.05) is 22.3 Å². The highest BCUT2D eigenvalue weighted by Gasteiger charge is 2.41. The Kier molecular flexibility index (Phi) is 4.51. The molecule has 1 saturated carbocycles. The molecule has 4 heteroatoms. The van der Waals surface area contributed by atoms with Gasteiger partial charge in [-0.15, -0.1) is 11.8 Å². The summed E-state index contributed by atoms with van der Waals surface area (Å²) in [5.74, 6) is -0.971. The third-order valence-corrected chi connectivity index (χ3v) is 5.28. The van der Waals surface area contributed by atoms with Gasteiger partial charge in [-0.3, -0.25) is 0 Å². The van der Waals surface area contributed by atoms with Crippen molar-refractivity contribution in [3.63, 3.8) is 0 Å². The second kappa shape index (κ2) is 5.80. The van der Waals surface area contributed by atoms with Crippen LogP contribution in [0.15, 0.2) is 23.1 Å². The van der Waals surface area contributed by atoms with Crippen LogP contribution in [0.25, 0.3) is 0 Å². The normalized spacial score (nSPS) is 25.7. The van der Waals surface area contributed by atoms with Crippen LogP contribution < -0.4 is 5.32 Å². The molecule has 1 aromatic rings. The Hall–Kier alpha value is -0.610. The minimum atomic E-state index is -0.517. The molecule has 2 atom stereocenters. The first-order valence-electron chi connectivity index (χ1n) is 6.79. The molecule has 0 heterocycles. The van der Waals surface area contributed by atoms with Crippen molar-refractivity contribution in [2.75, 3.05) is 6.54 Å². The number of thioether (sulfide) groups is 1. The summed E-state index contributed by atoms with van der Waals surface area (Å²) in [5, 5.41) is 3.86. The first-order chi connectivity index (χ1) is 8.94. The molecule has 0 aromatic heterocycles. The van der Waals surface area contributed by atoms with Crippen LogP contribution in [-0.4, -0.2) is 17.8 Å². The zero-order valence-electron chi connectivity index (χ0n) is 11.7. The zero-order valence-corrected chi connectivity index (χ0v) is 12.5. The van der Waals surface area contributed by atoms with Crippen LogP contribution >= 0.6 is 11.8 Å². The fourth-order valence-corrected chi connectivity index (χ4v) is 4.31. The van der Waals surface area contributed by atoms with Gasteiger partial charge in [0.1, 0.15) is 11.6 Å². The molecule has 1 aliphatic carbocycles. The van der Waals surface area contributed by atoms with Gasteiger partial charge in [0.2, 0.25) is 0 Å². The lowest BCUT2D eigenvalue weighted by molar-refractivity contribution is 0.290. The second-order valence-corrected chi connectivity index (χ2v) is 7.07. The van der Waals surface area contributed by atoms with Crippen LogP contribution in [0.5, 0.6) is 0 Å². The molecule has 1 nitrogen and oxygen atoms in total. The second-order valence-electron chi connectivity index (χ2n) is 5.79. The summed E-state index contributed by atoms with van der Waals surface area (Å²) >= 11 is 1.53. The fraction of sp³-hybridized carbons (Fsp3) is 0.600. The van der Waals surface area contributed by atoms with Gasteiger partial charge in [-0.1, -0.05) is 20.8 Å². The van der Waals surface area contributed by atoms with Gasteiger partial charge in [0.05, 0.1) is 0 Å². The molecule has 0 saturated heterocycles. The third kappa shape index (κ3) is 3.29. The molecule has 0 amide bonds. The number of halogens is 2. The van der Waals surface area contributed by atoms with Crippen molar-refractivity contribution < 1.29 is 8.78 Å². The van der Waals surface area contributed by atoms with Crippen molar-refractivity contribution in [2.24, 2.45) is 5.41 Å². The molecule has 0 aliphatic heterocycles. The predicted molar refractivity (Wildman–Crippen MR) is 76.5 cm³/mol. The largest absolute Gasteiger partial charge is 0.313 e. The van der Waals surface area contributed by atoms with Gasteiger partial charge in [-0.25, -0.2) is 8.78 Å². The quantitative estimate of drug-likeness (QED) is 0.888. The molecule has 0 spiro atoms. The third-order valence-electron chi connectivity index (χ3n) is 3.88. The van der Waals surface area contributed by atoms with Crippen LogP contribution in [0, 0.1) is 17.0 Å². The molecular formula is C15H21F2NS. The van der Waals surface area contributed by atoms with E-state index in [4.69, 9.17) is 0 Å². The van der Waals surface area contributed by atoms with Crippen molar-refractivity contribution >= 4 is 11.8 Å². The molecular weight excluding hydrogens is 264 g/mol.